The van der Waals surface area contributed by atoms with E-state index in [0.717, 1.165) is 6.42 Å². The summed E-state index contributed by atoms with van der Waals surface area (Å²) in [5.41, 5.74) is 0. The summed E-state index contributed by atoms with van der Waals surface area (Å²) in [7, 11) is 0. The van der Waals surface area contributed by atoms with E-state index in [1.54, 1.807) is 0 Å². The van der Waals surface area contributed by atoms with E-state index in [9.17, 15) is 14.4 Å². The van der Waals surface area contributed by atoms with E-state index in [4.69, 9.17) is 0 Å². The third kappa shape index (κ3) is 1.27. The largest absolute Gasteiger partial charge is 0.290 e. The molecule has 0 saturated heterocycles. The molecule has 0 heterocycles. The molecule has 2 saturated carbocycles. The lowest BCUT2D eigenvalue weighted by atomic mass is 9.81. The molecule has 13 heavy (non-hydrogen) atoms. The summed E-state index contributed by atoms with van der Waals surface area (Å²) < 4.78 is 0. The van der Waals surface area contributed by atoms with E-state index >= 15 is 0 Å². The van der Waals surface area contributed by atoms with Gasteiger partial charge in [0.15, 0.2) is 0 Å². The van der Waals surface area contributed by atoms with Crippen LogP contribution in [0.3, 0.4) is 0 Å². The molecular formula is C9H9BrO3. The SMILES string of the molecule is O=C1C(=O)C2CCC(Br)CC2C1=O. The maximum Gasteiger partial charge on any atom is 0.264 e. The molecule has 0 aliphatic heterocycles. The highest BCUT2D eigenvalue weighted by Crippen LogP contribution is 2.38. The number of carbonyl (C=O) groups is 3. The number of Topliss-reactive ketones (excluding diaryl/α,β-unsaturated/α-hetero) is 3. The fourth-order valence-corrected chi connectivity index (χ4v) is 2.85. The number of rotatable bonds is 0. The third-order valence-corrected chi connectivity index (χ3v) is 3.74. The molecule has 3 nitrogen and oxygen atoms in total. The van der Waals surface area contributed by atoms with Crippen molar-refractivity contribution in [3.05, 3.63) is 0 Å². The second kappa shape index (κ2) is 3.01. The second-order valence-corrected chi connectivity index (χ2v) is 4.98. The Morgan fingerprint density at radius 2 is 1.62 bits per heavy atom. The van der Waals surface area contributed by atoms with E-state index in [0.29, 0.717) is 12.8 Å². The highest BCUT2D eigenvalue weighted by molar-refractivity contribution is 9.09. The molecule has 0 aromatic carbocycles. The van der Waals surface area contributed by atoms with Gasteiger partial charge in [-0.05, 0) is 19.3 Å². The minimum Gasteiger partial charge on any atom is -0.290 e. The van der Waals surface area contributed by atoms with Gasteiger partial charge in [-0.2, -0.15) is 0 Å². The van der Waals surface area contributed by atoms with Gasteiger partial charge < -0.3 is 0 Å². The lowest BCUT2D eigenvalue weighted by molar-refractivity contribution is -0.141. The van der Waals surface area contributed by atoms with Gasteiger partial charge in [0.1, 0.15) is 0 Å². The highest BCUT2D eigenvalue weighted by atomic mass is 79.9. The Morgan fingerprint density at radius 3 is 2.31 bits per heavy atom. The Hall–Kier alpha value is -0.510. The van der Waals surface area contributed by atoms with Crippen LogP contribution in [0.4, 0.5) is 0 Å². The van der Waals surface area contributed by atoms with Crippen LogP contribution < -0.4 is 0 Å². The standard InChI is InChI=1S/C9H9BrO3/c10-4-1-2-5-6(3-4)8(12)9(13)7(5)11/h4-6H,1-3H2. The summed E-state index contributed by atoms with van der Waals surface area (Å²) in [5.74, 6) is -2.29. The smallest absolute Gasteiger partial charge is 0.264 e. The number of hydrogen-bond donors (Lipinski definition) is 0. The molecule has 3 unspecified atom stereocenters. The first kappa shape index (κ1) is 9.06. The zero-order valence-corrected chi connectivity index (χ0v) is 8.54. The highest BCUT2D eigenvalue weighted by Gasteiger charge is 2.50. The van der Waals surface area contributed by atoms with Crippen LogP contribution in [0.25, 0.3) is 0 Å². The van der Waals surface area contributed by atoms with E-state index in [1.165, 1.54) is 0 Å². The molecule has 0 N–H and O–H groups in total. The Kier molecular flexibility index (Phi) is 2.10. The summed E-state index contributed by atoms with van der Waals surface area (Å²) in [6, 6.07) is 0. The van der Waals surface area contributed by atoms with Crippen LogP contribution in [0.15, 0.2) is 0 Å². The minimum absolute atomic E-state index is 0.288. The average Bonchev–Trinajstić information content (AvgIpc) is 2.32. The number of hydrogen-bond acceptors (Lipinski definition) is 3. The van der Waals surface area contributed by atoms with Gasteiger partial charge in [-0.25, -0.2) is 0 Å². The molecule has 4 heteroatoms. The van der Waals surface area contributed by atoms with Gasteiger partial charge in [0.25, 0.3) is 5.78 Å². The number of carbonyl (C=O) groups excluding carboxylic acids is 3. The Balaban J connectivity index is 2.27. The molecule has 70 valence electrons. The lowest BCUT2D eigenvalue weighted by Gasteiger charge is -2.25. The van der Waals surface area contributed by atoms with E-state index in [2.05, 4.69) is 15.9 Å². The predicted molar refractivity (Wildman–Crippen MR) is 48.6 cm³/mol. The van der Waals surface area contributed by atoms with E-state index in [-0.39, 0.29) is 16.7 Å². The van der Waals surface area contributed by atoms with Gasteiger partial charge in [-0.15, -0.1) is 0 Å². The normalized spacial score (nSPS) is 39.5. The maximum absolute atomic E-state index is 11.3. The Bertz CT molecular complexity index is 297. The van der Waals surface area contributed by atoms with Crippen molar-refractivity contribution in [1.82, 2.24) is 0 Å². The molecule has 2 aliphatic rings. The molecule has 0 bridgehead atoms. The molecule has 2 rings (SSSR count). The van der Waals surface area contributed by atoms with Crippen LogP contribution in [0.2, 0.25) is 0 Å². The van der Waals surface area contributed by atoms with Gasteiger partial charge in [-0.3, -0.25) is 14.4 Å². The first-order valence-electron chi connectivity index (χ1n) is 4.37. The van der Waals surface area contributed by atoms with Crippen LogP contribution in [0.5, 0.6) is 0 Å². The number of alkyl halides is 1. The Morgan fingerprint density at radius 1 is 1.00 bits per heavy atom. The van der Waals surface area contributed by atoms with Gasteiger partial charge >= 0.3 is 0 Å². The molecule has 2 aliphatic carbocycles. The van der Waals surface area contributed by atoms with E-state index in [1.807, 2.05) is 0 Å². The zero-order chi connectivity index (χ0) is 9.59. The van der Waals surface area contributed by atoms with Crippen molar-refractivity contribution >= 4 is 33.3 Å². The van der Waals surface area contributed by atoms with Crippen LogP contribution in [-0.4, -0.2) is 22.2 Å². The van der Waals surface area contributed by atoms with Crippen LogP contribution >= 0.6 is 15.9 Å². The fourth-order valence-electron chi connectivity index (χ4n) is 2.18. The molecule has 3 atom stereocenters. The first-order chi connectivity index (χ1) is 6.11. The van der Waals surface area contributed by atoms with Gasteiger partial charge in [0.05, 0.1) is 0 Å². The average molecular weight is 245 g/mol. The number of ketones is 3. The van der Waals surface area contributed by atoms with Crippen LogP contribution in [-0.2, 0) is 14.4 Å². The predicted octanol–water partition coefficient (Wildman–Crippen LogP) is 0.887. The summed E-state index contributed by atoms with van der Waals surface area (Å²) >= 11 is 3.42. The van der Waals surface area contributed by atoms with Gasteiger partial charge in [0, 0.05) is 16.7 Å². The van der Waals surface area contributed by atoms with Crippen molar-refractivity contribution in [2.24, 2.45) is 11.8 Å². The number of fused-ring (bicyclic) bond motifs is 1. The van der Waals surface area contributed by atoms with Crippen molar-refractivity contribution in [2.45, 2.75) is 24.1 Å². The second-order valence-electron chi connectivity index (χ2n) is 3.68. The summed E-state index contributed by atoms with van der Waals surface area (Å²) in [4.78, 5) is 33.9. The molecule has 0 amide bonds. The van der Waals surface area contributed by atoms with Crippen molar-refractivity contribution in [3.8, 4) is 0 Å². The van der Waals surface area contributed by atoms with Crippen molar-refractivity contribution < 1.29 is 14.4 Å². The monoisotopic (exact) mass is 244 g/mol. The van der Waals surface area contributed by atoms with Gasteiger partial charge in [-0.1, -0.05) is 15.9 Å². The molecule has 0 aromatic heterocycles. The molecule has 0 aromatic rings. The number of halogens is 1. The molecule has 2 fully saturated rings. The van der Waals surface area contributed by atoms with Gasteiger partial charge in [0.2, 0.25) is 11.6 Å². The lowest BCUT2D eigenvalue weighted by Crippen LogP contribution is -2.26. The zero-order valence-electron chi connectivity index (χ0n) is 6.96. The van der Waals surface area contributed by atoms with Crippen LogP contribution in [0.1, 0.15) is 19.3 Å². The topological polar surface area (TPSA) is 51.2 Å². The minimum atomic E-state index is -0.767. The molecular weight excluding hydrogens is 236 g/mol. The third-order valence-electron chi connectivity index (χ3n) is 2.91. The van der Waals surface area contributed by atoms with Crippen molar-refractivity contribution in [1.29, 1.82) is 0 Å². The van der Waals surface area contributed by atoms with Crippen molar-refractivity contribution in [2.75, 3.05) is 0 Å². The molecule has 0 spiro atoms. The van der Waals surface area contributed by atoms with Crippen LogP contribution in [0, 0.1) is 11.8 Å². The summed E-state index contributed by atoms with van der Waals surface area (Å²) in [6.07, 6.45) is 2.20. The summed E-state index contributed by atoms with van der Waals surface area (Å²) in [6.45, 7) is 0. The van der Waals surface area contributed by atoms with Crippen molar-refractivity contribution in [3.63, 3.8) is 0 Å². The quantitative estimate of drug-likeness (QED) is 0.470. The first-order valence-corrected chi connectivity index (χ1v) is 5.29. The fraction of sp³-hybridized carbons (Fsp3) is 0.667. The Labute approximate surface area is 84.0 Å². The maximum atomic E-state index is 11.3. The van der Waals surface area contributed by atoms with E-state index < -0.39 is 17.3 Å². The summed E-state index contributed by atoms with van der Waals surface area (Å²) in [5, 5.41) is 0. The molecule has 0 radical (unpaired) electrons.